The molecule has 9 heterocycles. The van der Waals surface area contributed by atoms with E-state index < -0.39 is 0 Å². The standard InChI is InChI=1S/C48H31N3.2C42H27N3/c1-3-14-32(15-4-1)33-16-13-19-35(28-33)50-44-24-11-7-20-37(44)40-29-36(26-27-46(40)50)51-45-25-12-9-22-39(45)42-30-47-41(31-48(42)51)38-21-8-10-23-43(38)49(47)34-17-5-2-6-18-34;1-2-13-28(14-3-1)43-39-23-10-6-19-33(39)35-27-42-36(26-41(35)43)34-20-7-11-24-40(34)45(42)30-16-12-15-29(25-30)44-37-21-8-4-17-31(37)32-18-5-9-22-38(32)44;1-2-12-28(13-3-1)44-39-20-10-6-16-33(39)35-27-42-36(26-41(35)44)34-17-7-11-21-40(34)45(42)30-24-22-29(23-25-30)43-37-18-8-4-14-31(37)32-15-5-9-19-38(32)43/h1-31H;2*1-27H. The molecule has 9 nitrogen and oxygen atoms in total. The van der Waals surface area contributed by atoms with Crippen molar-refractivity contribution in [2.75, 3.05) is 0 Å². The molecular formula is C132H85N9. The molecule has 0 atom stereocenters. The highest BCUT2D eigenvalue weighted by Crippen LogP contribution is 2.47. The number of aromatic nitrogens is 9. The maximum Gasteiger partial charge on any atom is 0.0548 e. The first-order valence-corrected chi connectivity index (χ1v) is 48.4. The molecule has 0 saturated heterocycles. The molecule has 9 heteroatoms. The van der Waals surface area contributed by atoms with Crippen LogP contribution in [0, 0.1) is 0 Å². The highest BCUT2D eigenvalue weighted by atomic mass is 15.1. The maximum absolute atomic E-state index is 2.46. The third kappa shape index (κ3) is 12.3. The summed E-state index contributed by atoms with van der Waals surface area (Å²) < 4.78 is 21.7. The molecule has 658 valence electrons. The van der Waals surface area contributed by atoms with E-state index in [0.717, 1.165) is 34.1 Å². The molecule has 0 spiro atoms. The molecule has 141 heavy (non-hydrogen) atoms. The molecule has 0 aliphatic carbocycles. The van der Waals surface area contributed by atoms with Crippen molar-refractivity contribution in [2.24, 2.45) is 0 Å². The van der Waals surface area contributed by atoms with Crippen molar-refractivity contribution >= 4 is 196 Å². The van der Waals surface area contributed by atoms with Crippen LogP contribution in [0.4, 0.5) is 0 Å². The quantitative estimate of drug-likeness (QED) is 0.131. The van der Waals surface area contributed by atoms with Crippen molar-refractivity contribution in [2.45, 2.75) is 0 Å². The molecule has 0 radical (unpaired) electrons. The predicted octanol–water partition coefficient (Wildman–Crippen LogP) is 34.6. The number of para-hydroxylation sites is 14. The van der Waals surface area contributed by atoms with Crippen LogP contribution in [-0.4, -0.2) is 41.1 Å². The van der Waals surface area contributed by atoms with Gasteiger partial charge in [-0.15, -0.1) is 0 Å². The molecule has 0 aliphatic heterocycles. The Balaban J connectivity index is 0.000000102. The lowest BCUT2D eigenvalue weighted by atomic mass is 10.1. The zero-order valence-corrected chi connectivity index (χ0v) is 76.6. The summed E-state index contributed by atoms with van der Waals surface area (Å²) in [6, 6.07) is 187. The van der Waals surface area contributed by atoms with Crippen LogP contribution >= 0.6 is 0 Å². The van der Waals surface area contributed by atoms with Crippen molar-refractivity contribution in [1.82, 2.24) is 41.1 Å². The molecule has 0 aliphatic rings. The number of benzene rings is 22. The van der Waals surface area contributed by atoms with Gasteiger partial charge in [0.05, 0.1) is 99.3 Å². The summed E-state index contributed by atoms with van der Waals surface area (Å²) in [7, 11) is 0. The largest absolute Gasteiger partial charge is 0.309 e. The van der Waals surface area contributed by atoms with Crippen molar-refractivity contribution in [1.29, 1.82) is 0 Å². The van der Waals surface area contributed by atoms with Gasteiger partial charge in [0, 0.05) is 148 Å². The average Bonchev–Trinajstić information content (AvgIpc) is 1.56. The van der Waals surface area contributed by atoms with Crippen molar-refractivity contribution < 1.29 is 0 Å². The lowest BCUT2D eigenvalue weighted by Crippen LogP contribution is -1.98. The van der Waals surface area contributed by atoms with Crippen LogP contribution in [-0.2, 0) is 0 Å². The van der Waals surface area contributed by atoms with E-state index in [4.69, 9.17) is 0 Å². The minimum Gasteiger partial charge on any atom is -0.309 e. The molecule has 0 bridgehead atoms. The van der Waals surface area contributed by atoms with E-state index in [2.05, 4.69) is 557 Å². The van der Waals surface area contributed by atoms with E-state index in [9.17, 15) is 0 Å². The van der Waals surface area contributed by atoms with Crippen LogP contribution in [0.1, 0.15) is 0 Å². The van der Waals surface area contributed by atoms with Crippen molar-refractivity contribution in [3.05, 3.63) is 516 Å². The second kappa shape index (κ2) is 31.8. The second-order valence-electron chi connectivity index (χ2n) is 37.0. The molecule has 0 amide bonds. The van der Waals surface area contributed by atoms with Crippen LogP contribution < -0.4 is 0 Å². The van der Waals surface area contributed by atoms with Crippen LogP contribution in [0.2, 0.25) is 0 Å². The predicted molar refractivity (Wildman–Crippen MR) is 594 cm³/mol. The van der Waals surface area contributed by atoms with Gasteiger partial charge in [-0.05, 0) is 223 Å². The van der Waals surface area contributed by atoms with Gasteiger partial charge >= 0.3 is 0 Å². The smallest absolute Gasteiger partial charge is 0.0548 e. The number of hydrogen-bond acceptors (Lipinski definition) is 0. The van der Waals surface area contributed by atoms with Gasteiger partial charge < -0.3 is 41.1 Å². The van der Waals surface area contributed by atoms with Crippen molar-refractivity contribution in [3.8, 4) is 62.3 Å². The van der Waals surface area contributed by atoms with Gasteiger partial charge in [-0.2, -0.15) is 0 Å². The summed E-state index contributed by atoms with van der Waals surface area (Å²) in [5.41, 5.74) is 34.7. The first-order chi connectivity index (χ1) is 70.0. The Labute approximate surface area is 809 Å². The fraction of sp³-hybridized carbons (Fsp3) is 0. The summed E-state index contributed by atoms with van der Waals surface area (Å²) in [4.78, 5) is 0. The third-order valence-corrected chi connectivity index (χ3v) is 29.4. The Morgan fingerprint density at radius 2 is 0.234 bits per heavy atom. The first-order valence-electron chi connectivity index (χ1n) is 48.4. The highest BCUT2D eigenvalue weighted by molar-refractivity contribution is 6.24. The molecular weight excluding hydrogens is 1710 g/mol. The highest BCUT2D eigenvalue weighted by Gasteiger charge is 2.26. The number of nitrogens with zero attached hydrogens (tertiary/aromatic N) is 9. The summed E-state index contributed by atoms with van der Waals surface area (Å²) >= 11 is 0. The van der Waals surface area contributed by atoms with Gasteiger partial charge in [0.1, 0.15) is 0 Å². The van der Waals surface area contributed by atoms with Crippen LogP contribution in [0.15, 0.2) is 516 Å². The third-order valence-electron chi connectivity index (χ3n) is 29.4. The summed E-state index contributed by atoms with van der Waals surface area (Å²) in [5, 5.41) is 22.6. The van der Waals surface area contributed by atoms with Crippen molar-refractivity contribution in [3.63, 3.8) is 0 Å². The summed E-state index contributed by atoms with van der Waals surface area (Å²) in [6.45, 7) is 0. The lowest BCUT2D eigenvalue weighted by molar-refractivity contribution is 1.13. The summed E-state index contributed by atoms with van der Waals surface area (Å²) in [5.74, 6) is 0. The fourth-order valence-corrected chi connectivity index (χ4v) is 23.4. The molecule has 0 fully saturated rings. The van der Waals surface area contributed by atoms with Crippen LogP contribution in [0.25, 0.3) is 259 Å². The maximum atomic E-state index is 2.46. The van der Waals surface area contributed by atoms with E-state index in [1.807, 2.05) is 0 Å². The SMILES string of the molecule is c1ccc(-c2cccc(-n3c4ccccc4c4cc(-n5c6ccccc6c6cc7c(cc65)c5ccccc5n7-c5ccccc5)ccc43)c2)cc1.c1ccc(-n2c3ccccc3c3cc4c(cc32)c2ccccc2n4-c2ccc(-n3c4ccccc4c4ccccc43)cc2)cc1.c1ccc(-n2c3ccccc3c3cc4c(cc32)c2ccccc2n4-c2cccc(-n3c4ccccc4c4ccccc43)c2)cc1. The van der Waals surface area contributed by atoms with Gasteiger partial charge in [-0.1, -0.05) is 303 Å². The minimum atomic E-state index is 1.15. The van der Waals surface area contributed by atoms with Gasteiger partial charge in [0.2, 0.25) is 0 Å². The average molecular weight is 1800 g/mol. The Morgan fingerprint density at radius 1 is 0.0780 bits per heavy atom. The van der Waals surface area contributed by atoms with E-state index in [-0.39, 0.29) is 0 Å². The topological polar surface area (TPSA) is 44.4 Å². The molecule has 22 aromatic carbocycles. The molecule has 9 aromatic heterocycles. The molecule has 0 N–H and O–H groups in total. The fourth-order valence-electron chi connectivity index (χ4n) is 23.4. The first kappa shape index (κ1) is 79.4. The number of rotatable bonds is 10. The van der Waals surface area contributed by atoms with E-state index in [1.165, 1.54) is 224 Å². The molecule has 0 unspecified atom stereocenters. The monoisotopic (exact) mass is 1800 g/mol. The lowest BCUT2D eigenvalue weighted by Gasteiger charge is -2.13. The Bertz CT molecular complexity index is 10400. The molecule has 31 rings (SSSR count). The number of fused-ring (bicyclic) bond motifs is 27. The van der Waals surface area contributed by atoms with Crippen LogP contribution in [0.5, 0.6) is 0 Å². The normalized spacial score (nSPS) is 12.0. The van der Waals surface area contributed by atoms with E-state index in [1.54, 1.807) is 0 Å². The minimum absolute atomic E-state index is 1.15. The Hall–Kier alpha value is -19.0. The summed E-state index contributed by atoms with van der Waals surface area (Å²) in [6.07, 6.45) is 0. The molecule has 0 saturated carbocycles. The zero-order valence-electron chi connectivity index (χ0n) is 76.6. The van der Waals surface area contributed by atoms with E-state index >= 15 is 0 Å². The van der Waals surface area contributed by atoms with Crippen LogP contribution in [0.3, 0.4) is 0 Å². The number of hydrogen-bond donors (Lipinski definition) is 0. The van der Waals surface area contributed by atoms with Gasteiger partial charge in [0.25, 0.3) is 0 Å². The van der Waals surface area contributed by atoms with Gasteiger partial charge in [-0.25, -0.2) is 0 Å². The Morgan fingerprint density at radius 3 is 0.504 bits per heavy atom. The second-order valence-corrected chi connectivity index (χ2v) is 37.0. The van der Waals surface area contributed by atoms with Gasteiger partial charge in [-0.3, -0.25) is 0 Å². The Kier molecular flexibility index (Phi) is 17.9. The van der Waals surface area contributed by atoms with Gasteiger partial charge in [0.15, 0.2) is 0 Å². The molecule has 31 aromatic rings. The van der Waals surface area contributed by atoms with E-state index in [0.29, 0.717) is 0 Å². The zero-order chi connectivity index (χ0) is 92.4.